The number of hydrogen-bond donors (Lipinski definition) is 1. The van der Waals surface area contributed by atoms with E-state index in [1.165, 1.54) is 11.1 Å². The maximum Gasteiger partial charge on any atom is 0.323 e. The van der Waals surface area contributed by atoms with Crippen LogP contribution in [0.15, 0.2) is 41.0 Å². The summed E-state index contributed by atoms with van der Waals surface area (Å²) in [5.41, 5.74) is 3.22. The molecule has 4 nitrogen and oxygen atoms in total. The Morgan fingerprint density at radius 1 is 1.33 bits per heavy atom. The number of rotatable bonds is 2. The van der Waals surface area contributed by atoms with Gasteiger partial charge in [-0.15, -0.1) is 11.8 Å². The highest BCUT2D eigenvalue weighted by molar-refractivity contribution is 7.99. The second kappa shape index (κ2) is 5.85. The molecule has 1 aliphatic rings. The van der Waals surface area contributed by atoms with E-state index in [1.807, 2.05) is 42.2 Å². The van der Waals surface area contributed by atoms with Crippen LogP contribution in [-0.2, 0) is 0 Å². The number of amides is 2. The van der Waals surface area contributed by atoms with Crippen LogP contribution in [0.2, 0.25) is 0 Å². The highest BCUT2D eigenvalue weighted by atomic mass is 32.2. The van der Waals surface area contributed by atoms with E-state index in [1.54, 1.807) is 18.0 Å². The van der Waals surface area contributed by atoms with Crippen LogP contribution < -0.4 is 5.32 Å². The van der Waals surface area contributed by atoms with Gasteiger partial charge in [0.15, 0.2) is 0 Å². The van der Waals surface area contributed by atoms with Crippen molar-refractivity contribution in [1.82, 2.24) is 4.90 Å². The Hall–Kier alpha value is -1.88. The average Bonchev–Trinajstić information content (AvgIpc) is 3.12. The molecule has 1 aliphatic heterocycles. The van der Waals surface area contributed by atoms with Gasteiger partial charge in [0.25, 0.3) is 0 Å². The number of benzene rings is 1. The highest BCUT2D eigenvalue weighted by Crippen LogP contribution is 2.38. The lowest BCUT2D eigenvalue weighted by Gasteiger charge is -2.22. The van der Waals surface area contributed by atoms with Crippen molar-refractivity contribution in [3.63, 3.8) is 0 Å². The minimum absolute atomic E-state index is 0.0356. The molecule has 0 saturated carbocycles. The molecule has 0 bridgehead atoms. The molecule has 5 heteroatoms. The van der Waals surface area contributed by atoms with Gasteiger partial charge < -0.3 is 14.6 Å². The summed E-state index contributed by atoms with van der Waals surface area (Å²) in [5, 5.41) is 2.94. The topological polar surface area (TPSA) is 45.5 Å². The number of nitrogens with zero attached hydrogens (tertiary/aromatic N) is 1. The van der Waals surface area contributed by atoms with Gasteiger partial charge in [0.2, 0.25) is 0 Å². The van der Waals surface area contributed by atoms with Crippen molar-refractivity contribution in [1.29, 1.82) is 0 Å². The Bertz CT molecular complexity index is 640. The van der Waals surface area contributed by atoms with E-state index < -0.39 is 0 Å². The van der Waals surface area contributed by atoms with Crippen molar-refractivity contribution in [2.45, 2.75) is 19.2 Å². The molecule has 1 unspecified atom stereocenters. The van der Waals surface area contributed by atoms with E-state index in [2.05, 4.69) is 12.2 Å². The third-order valence-corrected chi connectivity index (χ3v) is 4.92. The summed E-state index contributed by atoms with van der Waals surface area (Å²) in [7, 11) is 0. The first-order valence-corrected chi connectivity index (χ1v) is 8.00. The lowest BCUT2D eigenvalue weighted by Crippen LogP contribution is -2.34. The fourth-order valence-electron chi connectivity index (χ4n) is 2.36. The average molecular weight is 302 g/mol. The normalized spacial score (nSPS) is 18.0. The monoisotopic (exact) mass is 302 g/mol. The van der Waals surface area contributed by atoms with Crippen molar-refractivity contribution in [3.8, 4) is 0 Å². The van der Waals surface area contributed by atoms with Gasteiger partial charge in [0, 0.05) is 18.0 Å². The van der Waals surface area contributed by atoms with E-state index in [-0.39, 0.29) is 11.4 Å². The molecule has 2 aromatic rings. The summed E-state index contributed by atoms with van der Waals surface area (Å²) < 4.78 is 5.44. The summed E-state index contributed by atoms with van der Waals surface area (Å²) in [6.45, 7) is 4.83. The van der Waals surface area contributed by atoms with Crippen molar-refractivity contribution in [2.75, 3.05) is 17.6 Å². The first-order chi connectivity index (χ1) is 10.1. The van der Waals surface area contributed by atoms with Crippen LogP contribution in [-0.4, -0.2) is 23.2 Å². The number of thioether (sulfide) groups is 1. The molecule has 2 amide bonds. The summed E-state index contributed by atoms with van der Waals surface area (Å²) in [6, 6.07) is 9.65. The Morgan fingerprint density at radius 2 is 2.19 bits per heavy atom. The zero-order valence-electron chi connectivity index (χ0n) is 12.1. The molecule has 3 rings (SSSR count). The maximum atomic E-state index is 12.5. The number of aryl methyl sites for hydroxylation is 2. The van der Waals surface area contributed by atoms with Crippen LogP contribution in [0.3, 0.4) is 0 Å². The molecule has 1 saturated heterocycles. The summed E-state index contributed by atoms with van der Waals surface area (Å²) in [4.78, 5) is 14.3. The molecule has 1 N–H and O–H groups in total. The summed E-state index contributed by atoms with van der Waals surface area (Å²) in [6.07, 6.45) is 1.65. The third kappa shape index (κ3) is 2.93. The second-order valence-corrected chi connectivity index (χ2v) is 6.35. The Kier molecular flexibility index (Phi) is 3.92. The SMILES string of the molecule is Cc1ccc(NC(=O)N2CCSC2c2ccco2)cc1C. The quantitative estimate of drug-likeness (QED) is 0.905. The van der Waals surface area contributed by atoms with Crippen molar-refractivity contribution in [2.24, 2.45) is 0 Å². The number of nitrogens with one attached hydrogen (secondary N) is 1. The van der Waals surface area contributed by atoms with Gasteiger partial charge in [0.1, 0.15) is 11.1 Å². The molecule has 21 heavy (non-hydrogen) atoms. The van der Waals surface area contributed by atoms with Gasteiger partial charge in [-0.25, -0.2) is 4.79 Å². The molecule has 1 atom stereocenters. The number of furan rings is 1. The Balaban J connectivity index is 1.73. The first kappa shape index (κ1) is 14.1. The first-order valence-electron chi connectivity index (χ1n) is 6.95. The van der Waals surface area contributed by atoms with Crippen LogP contribution in [0.25, 0.3) is 0 Å². The van der Waals surface area contributed by atoms with Crippen LogP contribution in [0, 0.1) is 13.8 Å². The largest absolute Gasteiger partial charge is 0.466 e. The smallest absolute Gasteiger partial charge is 0.323 e. The van der Waals surface area contributed by atoms with E-state index in [4.69, 9.17) is 4.42 Å². The van der Waals surface area contributed by atoms with E-state index >= 15 is 0 Å². The van der Waals surface area contributed by atoms with Crippen molar-refractivity contribution < 1.29 is 9.21 Å². The molecule has 1 fully saturated rings. The lowest BCUT2D eigenvalue weighted by molar-refractivity contribution is 0.210. The number of anilines is 1. The predicted molar refractivity (Wildman–Crippen MR) is 85.5 cm³/mol. The number of hydrogen-bond acceptors (Lipinski definition) is 3. The zero-order valence-corrected chi connectivity index (χ0v) is 12.9. The molecular formula is C16H18N2O2S. The van der Waals surface area contributed by atoms with Gasteiger partial charge in [0.05, 0.1) is 6.26 Å². The van der Waals surface area contributed by atoms with E-state index in [0.29, 0.717) is 0 Å². The summed E-state index contributed by atoms with van der Waals surface area (Å²) in [5.74, 6) is 1.75. The van der Waals surface area contributed by atoms with Crippen molar-refractivity contribution >= 4 is 23.5 Å². The van der Waals surface area contributed by atoms with E-state index in [9.17, 15) is 4.79 Å². The summed E-state index contributed by atoms with van der Waals surface area (Å²) >= 11 is 1.72. The minimum Gasteiger partial charge on any atom is -0.466 e. The molecule has 0 spiro atoms. The second-order valence-electron chi connectivity index (χ2n) is 5.16. The number of urea groups is 1. The number of carbonyl (C=O) groups is 1. The fourth-order valence-corrected chi connectivity index (χ4v) is 3.56. The molecule has 0 radical (unpaired) electrons. The van der Waals surface area contributed by atoms with Crippen LogP contribution in [0.5, 0.6) is 0 Å². The maximum absolute atomic E-state index is 12.5. The molecule has 2 heterocycles. The molecule has 110 valence electrons. The third-order valence-electron chi connectivity index (χ3n) is 3.70. The van der Waals surface area contributed by atoms with Crippen LogP contribution >= 0.6 is 11.8 Å². The van der Waals surface area contributed by atoms with Gasteiger partial charge >= 0.3 is 6.03 Å². The van der Waals surface area contributed by atoms with Crippen LogP contribution in [0.1, 0.15) is 22.3 Å². The van der Waals surface area contributed by atoms with Crippen molar-refractivity contribution in [3.05, 3.63) is 53.5 Å². The lowest BCUT2D eigenvalue weighted by atomic mass is 10.1. The van der Waals surface area contributed by atoms with Gasteiger partial charge in [-0.05, 0) is 49.2 Å². The molecule has 0 aliphatic carbocycles. The Morgan fingerprint density at radius 3 is 2.90 bits per heavy atom. The van der Waals surface area contributed by atoms with Crippen LogP contribution in [0.4, 0.5) is 10.5 Å². The standard InChI is InChI=1S/C16H18N2O2S/c1-11-5-6-13(10-12(11)2)17-16(19)18-7-9-21-15(18)14-4-3-8-20-14/h3-6,8,10,15H,7,9H2,1-2H3,(H,17,19). The molecule has 1 aromatic carbocycles. The minimum atomic E-state index is -0.0790. The predicted octanol–water partition coefficient (Wildman–Crippen LogP) is 4.18. The zero-order chi connectivity index (χ0) is 14.8. The highest BCUT2D eigenvalue weighted by Gasteiger charge is 2.32. The Labute approximate surface area is 128 Å². The molecular weight excluding hydrogens is 284 g/mol. The van der Waals surface area contributed by atoms with Gasteiger partial charge in [-0.1, -0.05) is 6.07 Å². The van der Waals surface area contributed by atoms with Gasteiger partial charge in [-0.3, -0.25) is 0 Å². The van der Waals surface area contributed by atoms with Gasteiger partial charge in [-0.2, -0.15) is 0 Å². The van der Waals surface area contributed by atoms with E-state index in [0.717, 1.165) is 23.7 Å². The fraction of sp³-hybridized carbons (Fsp3) is 0.312. The number of carbonyl (C=O) groups excluding carboxylic acids is 1. The molecule has 1 aromatic heterocycles.